The lowest BCUT2D eigenvalue weighted by atomic mass is 10.1. The van der Waals surface area contributed by atoms with Gasteiger partial charge in [-0.2, -0.15) is 0 Å². The molecule has 2 amide bonds. The fraction of sp³-hybridized carbons (Fsp3) is 0.450. The Morgan fingerprint density at radius 1 is 1.04 bits per heavy atom. The second-order valence-corrected chi connectivity index (χ2v) is 6.59. The Kier molecular flexibility index (Phi) is 5.27. The van der Waals surface area contributed by atoms with Crippen LogP contribution >= 0.6 is 0 Å². The van der Waals surface area contributed by atoms with Gasteiger partial charge in [0.15, 0.2) is 0 Å². The van der Waals surface area contributed by atoms with Crippen LogP contribution in [-0.2, 0) is 14.3 Å². The Morgan fingerprint density at radius 2 is 1.65 bits per heavy atom. The van der Waals surface area contributed by atoms with Crippen LogP contribution < -0.4 is 0 Å². The lowest BCUT2D eigenvalue weighted by molar-refractivity contribution is -0.152. The van der Waals surface area contributed by atoms with Crippen molar-refractivity contribution in [3.05, 3.63) is 35.4 Å². The standard InChI is InChI=1S/C20H22N2O4/c1-3-14-8-10-15(11-9-14)18(23)21-12-4-6-16(21)19(24)22-13-5-7-17(22)20(25)26-2/h1,8-11,16-17H,4-7,12-13H2,2H3/t16-,17-/m0/s1. The van der Waals surface area contributed by atoms with Gasteiger partial charge in [0.2, 0.25) is 5.91 Å². The third-order valence-corrected chi connectivity index (χ3v) is 5.11. The number of esters is 1. The lowest BCUT2D eigenvalue weighted by Crippen LogP contribution is -2.51. The largest absolute Gasteiger partial charge is 0.467 e. The molecule has 6 heteroatoms. The third-order valence-electron chi connectivity index (χ3n) is 5.11. The number of ether oxygens (including phenoxy) is 1. The number of amides is 2. The van der Waals surface area contributed by atoms with E-state index in [1.165, 1.54) is 7.11 Å². The van der Waals surface area contributed by atoms with E-state index in [1.54, 1.807) is 34.1 Å². The molecule has 0 unspecified atom stereocenters. The number of benzene rings is 1. The van der Waals surface area contributed by atoms with E-state index >= 15 is 0 Å². The number of methoxy groups -OCH3 is 1. The van der Waals surface area contributed by atoms with Crippen molar-refractivity contribution in [2.75, 3.05) is 20.2 Å². The average molecular weight is 354 g/mol. The molecule has 2 saturated heterocycles. The molecule has 0 radical (unpaired) electrons. The predicted molar refractivity (Wildman–Crippen MR) is 95.2 cm³/mol. The third kappa shape index (κ3) is 3.30. The molecular weight excluding hydrogens is 332 g/mol. The number of terminal acetylenes is 1. The maximum absolute atomic E-state index is 13.0. The van der Waals surface area contributed by atoms with Gasteiger partial charge in [0, 0.05) is 24.2 Å². The summed E-state index contributed by atoms with van der Waals surface area (Å²) in [6.07, 6.45) is 8.09. The molecule has 0 aromatic heterocycles. The Morgan fingerprint density at radius 3 is 2.27 bits per heavy atom. The van der Waals surface area contributed by atoms with Crippen LogP contribution in [-0.4, -0.2) is 59.9 Å². The van der Waals surface area contributed by atoms with Crippen LogP contribution in [0.2, 0.25) is 0 Å². The Bertz CT molecular complexity index is 750. The first kappa shape index (κ1) is 18.0. The molecular formula is C20H22N2O4. The lowest BCUT2D eigenvalue weighted by Gasteiger charge is -2.30. The van der Waals surface area contributed by atoms with E-state index in [0.717, 1.165) is 12.8 Å². The number of nitrogens with zero attached hydrogens (tertiary/aromatic N) is 2. The number of hydrogen-bond acceptors (Lipinski definition) is 4. The smallest absolute Gasteiger partial charge is 0.328 e. The first-order chi connectivity index (χ1) is 12.6. The summed E-state index contributed by atoms with van der Waals surface area (Å²) in [4.78, 5) is 41.0. The summed E-state index contributed by atoms with van der Waals surface area (Å²) >= 11 is 0. The number of carbonyl (C=O) groups is 3. The maximum atomic E-state index is 13.0. The highest BCUT2D eigenvalue weighted by molar-refractivity contribution is 5.98. The molecule has 136 valence electrons. The van der Waals surface area contributed by atoms with E-state index in [1.807, 2.05) is 0 Å². The number of carbonyl (C=O) groups excluding carboxylic acids is 3. The van der Waals surface area contributed by atoms with Gasteiger partial charge in [0.1, 0.15) is 12.1 Å². The predicted octanol–water partition coefficient (Wildman–Crippen LogP) is 1.44. The molecule has 2 atom stereocenters. The molecule has 2 aliphatic heterocycles. The zero-order valence-electron chi connectivity index (χ0n) is 14.8. The molecule has 2 aliphatic rings. The second kappa shape index (κ2) is 7.61. The van der Waals surface area contributed by atoms with Crippen LogP contribution in [0.5, 0.6) is 0 Å². The van der Waals surface area contributed by atoms with Crippen LogP contribution in [0, 0.1) is 12.3 Å². The van der Waals surface area contributed by atoms with Crippen molar-refractivity contribution < 1.29 is 19.1 Å². The molecule has 3 rings (SSSR count). The minimum absolute atomic E-state index is 0.163. The van der Waals surface area contributed by atoms with Crippen molar-refractivity contribution in [2.45, 2.75) is 37.8 Å². The summed E-state index contributed by atoms with van der Waals surface area (Å²) in [6, 6.07) is 5.73. The van der Waals surface area contributed by atoms with Gasteiger partial charge in [-0.3, -0.25) is 9.59 Å². The van der Waals surface area contributed by atoms with E-state index < -0.39 is 18.1 Å². The molecule has 1 aromatic carbocycles. The molecule has 0 aliphatic carbocycles. The monoisotopic (exact) mass is 354 g/mol. The molecule has 0 N–H and O–H groups in total. The summed E-state index contributed by atoms with van der Waals surface area (Å²) in [5, 5.41) is 0. The number of hydrogen-bond donors (Lipinski definition) is 0. The van der Waals surface area contributed by atoms with Gasteiger partial charge in [-0.25, -0.2) is 4.79 Å². The van der Waals surface area contributed by atoms with Gasteiger partial charge in [0.25, 0.3) is 5.91 Å². The SMILES string of the molecule is C#Cc1ccc(C(=O)N2CCC[C@H]2C(=O)N2CCC[C@H]2C(=O)OC)cc1. The molecule has 0 spiro atoms. The Balaban J connectivity index is 1.76. The van der Waals surface area contributed by atoms with Crippen molar-refractivity contribution in [3.63, 3.8) is 0 Å². The molecule has 26 heavy (non-hydrogen) atoms. The van der Waals surface area contributed by atoms with Gasteiger partial charge in [-0.1, -0.05) is 5.92 Å². The van der Waals surface area contributed by atoms with E-state index in [9.17, 15) is 14.4 Å². The maximum Gasteiger partial charge on any atom is 0.328 e. The zero-order chi connectivity index (χ0) is 18.7. The van der Waals surface area contributed by atoms with E-state index in [2.05, 4.69) is 5.92 Å². The van der Waals surface area contributed by atoms with E-state index in [-0.39, 0.29) is 11.8 Å². The molecule has 1 aromatic rings. The first-order valence-electron chi connectivity index (χ1n) is 8.82. The van der Waals surface area contributed by atoms with Gasteiger partial charge < -0.3 is 14.5 Å². The van der Waals surface area contributed by atoms with Gasteiger partial charge in [-0.15, -0.1) is 6.42 Å². The summed E-state index contributed by atoms with van der Waals surface area (Å²) < 4.78 is 4.81. The van der Waals surface area contributed by atoms with Crippen LogP contribution in [0.15, 0.2) is 24.3 Å². The fourth-order valence-electron chi connectivity index (χ4n) is 3.74. The number of rotatable bonds is 3. The van der Waals surface area contributed by atoms with Gasteiger partial charge in [-0.05, 0) is 49.9 Å². The average Bonchev–Trinajstić information content (AvgIpc) is 3.35. The Labute approximate surface area is 153 Å². The quantitative estimate of drug-likeness (QED) is 0.608. The Hall–Kier alpha value is -2.81. The summed E-state index contributed by atoms with van der Waals surface area (Å²) in [6.45, 7) is 1.05. The van der Waals surface area contributed by atoms with Crippen molar-refractivity contribution in [1.29, 1.82) is 0 Å². The van der Waals surface area contributed by atoms with Crippen molar-refractivity contribution in [1.82, 2.24) is 9.80 Å². The van der Waals surface area contributed by atoms with Crippen LogP contribution in [0.25, 0.3) is 0 Å². The highest BCUT2D eigenvalue weighted by atomic mass is 16.5. The van der Waals surface area contributed by atoms with Gasteiger partial charge in [0.05, 0.1) is 7.11 Å². The fourth-order valence-corrected chi connectivity index (χ4v) is 3.74. The highest BCUT2D eigenvalue weighted by Gasteiger charge is 2.42. The highest BCUT2D eigenvalue weighted by Crippen LogP contribution is 2.26. The summed E-state index contributed by atoms with van der Waals surface area (Å²) in [5.74, 6) is 1.78. The zero-order valence-corrected chi connectivity index (χ0v) is 14.8. The molecule has 6 nitrogen and oxygen atoms in total. The van der Waals surface area contributed by atoms with Crippen LogP contribution in [0.4, 0.5) is 0 Å². The van der Waals surface area contributed by atoms with Crippen molar-refractivity contribution in [3.8, 4) is 12.3 Å². The molecule has 2 fully saturated rings. The summed E-state index contributed by atoms with van der Waals surface area (Å²) in [5.41, 5.74) is 1.21. The van der Waals surface area contributed by atoms with Gasteiger partial charge >= 0.3 is 5.97 Å². The summed E-state index contributed by atoms with van der Waals surface area (Å²) in [7, 11) is 1.33. The number of likely N-dealkylation sites (tertiary alicyclic amines) is 2. The van der Waals surface area contributed by atoms with E-state index in [0.29, 0.717) is 37.1 Å². The minimum Gasteiger partial charge on any atom is -0.467 e. The normalized spacial score (nSPS) is 22.2. The second-order valence-electron chi connectivity index (χ2n) is 6.59. The minimum atomic E-state index is -0.542. The van der Waals surface area contributed by atoms with E-state index in [4.69, 9.17) is 11.2 Å². The first-order valence-corrected chi connectivity index (χ1v) is 8.82. The topological polar surface area (TPSA) is 66.9 Å². The van der Waals surface area contributed by atoms with Crippen molar-refractivity contribution in [2.24, 2.45) is 0 Å². The van der Waals surface area contributed by atoms with Crippen LogP contribution in [0.3, 0.4) is 0 Å². The molecule has 0 bridgehead atoms. The molecule has 2 heterocycles. The van der Waals surface area contributed by atoms with Crippen molar-refractivity contribution >= 4 is 17.8 Å². The molecule has 0 saturated carbocycles. The van der Waals surface area contributed by atoms with Crippen LogP contribution in [0.1, 0.15) is 41.6 Å².